The van der Waals surface area contributed by atoms with Crippen molar-refractivity contribution < 1.29 is 0 Å². The van der Waals surface area contributed by atoms with Crippen molar-refractivity contribution in [3.05, 3.63) is 45.3 Å². The average Bonchev–Trinajstić information content (AvgIpc) is 2.91. The van der Waals surface area contributed by atoms with E-state index >= 15 is 0 Å². The molecule has 0 radical (unpaired) electrons. The van der Waals surface area contributed by atoms with Crippen molar-refractivity contribution in [2.24, 2.45) is 0 Å². The van der Waals surface area contributed by atoms with Crippen molar-refractivity contribution in [2.75, 3.05) is 5.73 Å². The zero-order chi connectivity index (χ0) is 15.1. The fraction of sp³-hybridized carbons (Fsp3) is 0. The summed E-state index contributed by atoms with van der Waals surface area (Å²) in [6.45, 7) is 0. The zero-order valence-electron chi connectivity index (χ0n) is 10.3. The summed E-state index contributed by atoms with van der Waals surface area (Å²) >= 11 is 18.2. The van der Waals surface area contributed by atoms with E-state index in [2.05, 4.69) is 9.97 Å². The predicted octanol–water partition coefficient (Wildman–Crippen LogP) is 3.83. The molecule has 2 N–H and O–H groups in total. The Labute approximate surface area is 134 Å². The minimum absolute atomic E-state index is 0.00237. The second kappa shape index (κ2) is 5.08. The second-order valence-corrected chi connectivity index (χ2v) is 5.32. The number of halogens is 3. The second-order valence-electron chi connectivity index (χ2n) is 4.15. The third-order valence-electron chi connectivity index (χ3n) is 2.96. The minimum Gasteiger partial charge on any atom is -0.396 e. The Morgan fingerprint density at radius 2 is 1.95 bits per heavy atom. The molecule has 0 amide bonds. The largest absolute Gasteiger partial charge is 0.396 e. The Morgan fingerprint density at radius 3 is 2.67 bits per heavy atom. The van der Waals surface area contributed by atoms with E-state index in [-0.39, 0.29) is 27.2 Å². The number of anilines is 1. The predicted molar refractivity (Wildman–Crippen MR) is 83.0 cm³/mol. The number of nitrogens with two attached hydrogens (primary N) is 1. The fourth-order valence-corrected chi connectivity index (χ4v) is 2.62. The molecule has 0 saturated heterocycles. The maximum absolute atomic E-state index is 9.07. The lowest BCUT2D eigenvalue weighted by atomic mass is 10.3. The van der Waals surface area contributed by atoms with Gasteiger partial charge in [0.05, 0.1) is 10.7 Å². The van der Waals surface area contributed by atoms with Gasteiger partial charge in [0.1, 0.15) is 21.8 Å². The lowest BCUT2D eigenvalue weighted by molar-refractivity contribution is 1.02. The molecule has 0 aliphatic carbocycles. The van der Waals surface area contributed by atoms with E-state index in [4.69, 9.17) is 45.8 Å². The van der Waals surface area contributed by atoms with Crippen LogP contribution in [-0.4, -0.2) is 14.5 Å². The Kier molecular flexibility index (Phi) is 3.38. The van der Waals surface area contributed by atoms with Crippen molar-refractivity contribution in [3.63, 3.8) is 0 Å². The number of nitrogens with zero attached hydrogens (tertiary/aromatic N) is 4. The number of rotatable bonds is 1. The van der Waals surface area contributed by atoms with E-state index in [0.717, 1.165) is 5.39 Å². The summed E-state index contributed by atoms with van der Waals surface area (Å²) in [6, 6.07) is 5.34. The van der Waals surface area contributed by atoms with Gasteiger partial charge in [-0.1, -0.05) is 34.8 Å². The van der Waals surface area contributed by atoms with E-state index in [0.29, 0.717) is 10.7 Å². The van der Waals surface area contributed by atoms with Crippen LogP contribution in [0.15, 0.2) is 24.5 Å². The maximum atomic E-state index is 9.07. The van der Waals surface area contributed by atoms with Gasteiger partial charge in [-0.05, 0) is 12.1 Å². The van der Waals surface area contributed by atoms with Crippen LogP contribution in [0.25, 0.3) is 16.9 Å². The number of hydrogen-bond donors (Lipinski definition) is 1. The quantitative estimate of drug-likeness (QED) is 0.731. The normalized spacial score (nSPS) is 10.8. The first-order valence-electron chi connectivity index (χ1n) is 5.71. The molecular weight excluding hydrogens is 333 g/mol. The summed E-state index contributed by atoms with van der Waals surface area (Å²) in [6.07, 6.45) is 3.27. The third-order valence-corrected chi connectivity index (χ3v) is 4.05. The third kappa shape index (κ3) is 2.09. The maximum Gasteiger partial charge on any atom is 0.163 e. The molecule has 3 aromatic rings. The summed E-state index contributed by atoms with van der Waals surface area (Å²) in [5.74, 6) is 0.278. The van der Waals surface area contributed by atoms with Crippen LogP contribution in [-0.2, 0) is 0 Å². The van der Waals surface area contributed by atoms with Crippen LogP contribution >= 0.6 is 34.8 Å². The summed E-state index contributed by atoms with van der Waals surface area (Å²) < 4.78 is 1.61. The molecular formula is C13H6Cl3N5. The van der Waals surface area contributed by atoms with Crippen molar-refractivity contribution in [2.45, 2.75) is 0 Å². The van der Waals surface area contributed by atoms with Crippen LogP contribution in [0.5, 0.6) is 0 Å². The first-order chi connectivity index (χ1) is 10.0. The van der Waals surface area contributed by atoms with Gasteiger partial charge < -0.3 is 5.73 Å². The SMILES string of the molecule is N#Cc1nc(-n2ccc3c(Cl)ccnc32)c(Cl)c(N)c1Cl. The monoisotopic (exact) mass is 337 g/mol. The van der Waals surface area contributed by atoms with Gasteiger partial charge in [0.2, 0.25) is 0 Å². The van der Waals surface area contributed by atoms with Crippen molar-refractivity contribution >= 4 is 51.5 Å². The molecule has 3 rings (SSSR count). The highest BCUT2D eigenvalue weighted by molar-refractivity contribution is 6.40. The smallest absolute Gasteiger partial charge is 0.163 e. The topological polar surface area (TPSA) is 80.5 Å². The first kappa shape index (κ1) is 14.0. The molecule has 3 heterocycles. The molecule has 0 aromatic carbocycles. The highest BCUT2D eigenvalue weighted by Crippen LogP contribution is 2.35. The molecule has 0 atom stereocenters. The number of nitriles is 1. The molecule has 0 spiro atoms. The molecule has 21 heavy (non-hydrogen) atoms. The number of nitrogen functional groups attached to an aromatic ring is 1. The number of aromatic nitrogens is 3. The summed E-state index contributed by atoms with van der Waals surface area (Å²) in [4.78, 5) is 8.40. The fourth-order valence-electron chi connectivity index (χ4n) is 1.96. The summed E-state index contributed by atoms with van der Waals surface area (Å²) in [5.41, 5.74) is 6.48. The van der Waals surface area contributed by atoms with Crippen LogP contribution in [0.3, 0.4) is 0 Å². The highest BCUT2D eigenvalue weighted by atomic mass is 35.5. The molecule has 0 aliphatic heterocycles. The van der Waals surface area contributed by atoms with Crippen molar-refractivity contribution in [1.29, 1.82) is 5.26 Å². The molecule has 0 saturated carbocycles. The number of pyridine rings is 2. The number of fused-ring (bicyclic) bond motifs is 1. The van der Waals surface area contributed by atoms with E-state index in [9.17, 15) is 0 Å². The van der Waals surface area contributed by atoms with E-state index < -0.39 is 0 Å². The van der Waals surface area contributed by atoms with Crippen LogP contribution in [0.4, 0.5) is 5.69 Å². The van der Waals surface area contributed by atoms with Gasteiger partial charge in [0, 0.05) is 17.8 Å². The molecule has 3 aromatic heterocycles. The van der Waals surface area contributed by atoms with E-state index in [1.165, 1.54) is 0 Å². The Hall–Kier alpha value is -2.00. The Bertz CT molecular complexity index is 910. The molecule has 0 aliphatic rings. The zero-order valence-corrected chi connectivity index (χ0v) is 12.6. The summed E-state index contributed by atoms with van der Waals surface area (Å²) in [5, 5.41) is 10.6. The van der Waals surface area contributed by atoms with Crippen molar-refractivity contribution in [3.8, 4) is 11.9 Å². The molecule has 5 nitrogen and oxygen atoms in total. The van der Waals surface area contributed by atoms with Gasteiger partial charge in [0.15, 0.2) is 11.5 Å². The van der Waals surface area contributed by atoms with Crippen LogP contribution < -0.4 is 5.73 Å². The highest BCUT2D eigenvalue weighted by Gasteiger charge is 2.18. The molecule has 104 valence electrons. The standard InChI is InChI=1S/C13H6Cl3N5/c14-7-1-3-19-12-6(7)2-4-21(12)13-10(16)11(18)9(15)8(5-17)20-13/h1-4H,(H2,18,20). The van der Waals surface area contributed by atoms with Gasteiger partial charge in [-0.25, -0.2) is 9.97 Å². The van der Waals surface area contributed by atoms with Gasteiger partial charge in [-0.3, -0.25) is 4.57 Å². The van der Waals surface area contributed by atoms with Gasteiger partial charge in [-0.2, -0.15) is 5.26 Å². The lowest BCUT2D eigenvalue weighted by Crippen LogP contribution is -2.04. The summed E-state index contributed by atoms with van der Waals surface area (Å²) in [7, 11) is 0. The van der Waals surface area contributed by atoms with E-state index in [1.54, 1.807) is 29.1 Å². The van der Waals surface area contributed by atoms with Gasteiger partial charge >= 0.3 is 0 Å². The van der Waals surface area contributed by atoms with Gasteiger partial charge in [-0.15, -0.1) is 0 Å². The van der Waals surface area contributed by atoms with Gasteiger partial charge in [0.25, 0.3) is 0 Å². The molecule has 0 unspecified atom stereocenters. The number of hydrogen-bond acceptors (Lipinski definition) is 4. The molecule has 0 bridgehead atoms. The average molecular weight is 339 g/mol. The molecule has 0 fully saturated rings. The minimum atomic E-state index is -0.00237. The van der Waals surface area contributed by atoms with Crippen LogP contribution in [0.2, 0.25) is 15.1 Å². The van der Waals surface area contributed by atoms with Crippen LogP contribution in [0.1, 0.15) is 5.69 Å². The van der Waals surface area contributed by atoms with E-state index in [1.807, 2.05) is 6.07 Å². The van der Waals surface area contributed by atoms with Crippen LogP contribution in [0, 0.1) is 11.3 Å². The first-order valence-corrected chi connectivity index (χ1v) is 6.84. The lowest BCUT2D eigenvalue weighted by Gasteiger charge is -2.10. The Balaban J connectivity index is 2.37. The Morgan fingerprint density at radius 1 is 1.19 bits per heavy atom. The van der Waals surface area contributed by atoms with Crippen molar-refractivity contribution in [1.82, 2.24) is 14.5 Å². The molecule has 8 heteroatoms.